The number of benzene rings is 3. The molecule has 0 fully saturated rings. The van der Waals surface area contributed by atoms with Crippen LogP contribution >= 0.6 is 0 Å². The van der Waals surface area contributed by atoms with Crippen molar-refractivity contribution in [3.05, 3.63) is 94.0 Å². The average molecular weight is 405 g/mol. The molecule has 0 aliphatic rings. The summed E-state index contributed by atoms with van der Waals surface area (Å²) in [6.45, 7) is 2.25. The van der Waals surface area contributed by atoms with E-state index in [1.165, 1.54) is 36.4 Å². The summed E-state index contributed by atoms with van der Waals surface area (Å²) in [5, 5.41) is 10.7. The van der Waals surface area contributed by atoms with E-state index in [1.54, 1.807) is 36.4 Å². The highest BCUT2D eigenvalue weighted by atomic mass is 16.6. The van der Waals surface area contributed by atoms with Gasteiger partial charge in [-0.25, -0.2) is 9.59 Å². The van der Waals surface area contributed by atoms with E-state index in [9.17, 15) is 19.7 Å². The number of non-ortho nitro benzene ring substituents is 1. The lowest BCUT2D eigenvalue weighted by atomic mass is 10.1. The van der Waals surface area contributed by atoms with Crippen LogP contribution in [0.4, 0.5) is 5.69 Å². The van der Waals surface area contributed by atoms with Crippen molar-refractivity contribution < 1.29 is 24.0 Å². The van der Waals surface area contributed by atoms with E-state index < -0.39 is 16.9 Å². The monoisotopic (exact) mass is 405 g/mol. The van der Waals surface area contributed by atoms with Gasteiger partial charge in [0.2, 0.25) is 0 Å². The van der Waals surface area contributed by atoms with Gasteiger partial charge in [-0.2, -0.15) is 0 Å². The smallest absolute Gasteiger partial charge is 0.343 e. The van der Waals surface area contributed by atoms with Gasteiger partial charge in [0, 0.05) is 12.1 Å². The molecule has 3 rings (SSSR count). The largest absolute Gasteiger partial charge is 0.462 e. The maximum absolute atomic E-state index is 12.3. The third-order valence-corrected chi connectivity index (χ3v) is 4.27. The van der Waals surface area contributed by atoms with Crippen LogP contribution in [0.3, 0.4) is 0 Å². The molecule has 0 aliphatic carbocycles. The first kappa shape index (κ1) is 20.7. The molecule has 0 aliphatic heterocycles. The molecule has 0 amide bonds. The van der Waals surface area contributed by atoms with Gasteiger partial charge in [-0.15, -0.1) is 0 Å². The molecule has 0 atom stereocenters. The molecule has 30 heavy (non-hydrogen) atoms. The minimum atomic E-state index is -0.549. The molecule has 0 aromatic heterocycles. The predicted molar refractivity (Wildman–Crippen MR) is 111 cm³/mol. The van der Waals surface area contributed by atoms with Crippen molar-refractivity contribution in [2.75, 3.05) is 6.61 Å². The van der Waals surface area contributed by atoms with Crippen LogP contribution in [0, 0.1) is 10.1 Å². The van der Waals surface area contributed by atoms with E-state index >= 15 is 0 Å². The third-order valence-electron chi connectivity index (χ3n) is 4.27. The molecule has 0 radical (unpaired) electrons. The third kappa shape index (κ3) is 5.08. The van der Waals surface area contributed by atoms with Gasteiger partial charge < -0.3 is 9.47 Å². The highest BCUT2D eigenvalue weighted by Crippen LogP contribution is 2.25. The van der Waals surface area contributed by atoms with Gasteiger partial charge >= 0.3 is 11.9 Å². The van der Waals surface area contributed by atoms with Crippen molar-refractivity contribution in [3.63, 3.8) is 0 Å². The second kappa shape index (κ2) is 9.47. The van der Waals surface area contributed by atoms with Crippen molar-refractivity contribution in [1.29, 1.82) is 0 Å². The van der Waals surface area contributed by atoms with E-state index in [2.05, 4.69) is 0 Å². The number of nitro benzene ring substituents is 1. The number of carbonyl (C=O) groups excluding carboxylic acids is 2. The Bertz CT molecular complexity index is 1040. The van der Waals surface area contributed by atoms with Crippen molar-refractivity contribution in [3.8, 4) is 16.9 Å². The fourth-order valence-corrected chi connectivity index (χ4v) is 2.68. The quantitative estimate of drug-likeness (QED) is 0.236. The van der Waals surface area contributed by atoms with Crippen LogP contribution in [-0.4, -0.2) is 23.5 Å². The van der Waals surface area contributed by atoms with Gasteiger partial charge in [-0.05, 0) is 66.1 Å². The first-order chi connectivity index (χ1) is 14.5. The number of rotatable bonds is 7. The molecule has 3 aromatic rings. The Morgan fingerprint density at radius 3 is 1.80 bits per heavy atom. The van der Waals surface area contributed by atoms with Crippen molar-refractivity contribution in [2.45, 2.75) is 13.3 Å². The van der Waals surface area contributed by atoms with E-state index in [4.69, 9.17) is 9.47 Å². The summed E-state index contributed by atoms with van der Waals surface area (Å²) in [5.74, 6) is -0.623. The lowest BCUT2D eigenvalue weighted by Crippen LogP contribution is -2.10. The summed E-state index contributed by atoms with van der Waals surface area (Å²) in [5.41, 5.74) is 2.34. The lowest BCUT2D eigenvalue weighted by molar-refractivity contribution is -0.384. The topological polar surface area (TPSA) is 95.7 Å². The highest BCUT2D eigenvalue weighted by molar-refractivity contribution is 5.94. The molecule has 0 spiro atoms. The van der Waals surface area contributed by atoms with E-state index in [0.29, 0.717) is 23.5 Å². The molecule has 0 unspecified atom stereocenters. The Morgan fingerprint density at radius 2 is 1.30 bits per heavy atom. The average Bonchev–Trinajstić information content (AvgIpc) is 2.78. The Labute approximate surface area is 173 Å². The minimum absolute atomic E-state index is 0.0222. The number of hydrogen-bond donors (Lipinski definition) is 0. The number of ether oxygens (including phenoxy) is 2. The number of esters is 2. The van der Waals surface area contributed by atoms with Crippen LogP contribution in [0.25, 0.3) is 11.1 Å². The van der Waals surface area contributed by atoms with E-state index in [1.807, 2.05) is 6.92 Å². The first-order valence-corrected chi connectivity index (χ1v) is 9.32. The summed E-state index contributed by atoms with van der Waals surface area (Å²) >= 11 is 0. The van der Waals surface area contributed by atoms with E-state index in [0.717, 1.165) is 17.5 Å². The molecule has 7 nitrogen and oxygen atoms in total. The Hall–Kier alpha value is -4.00. The van der Waals surface area contributed by atoms with Gasteiger partial charge in [-0.1, -0.05) is 19.1 Å². The molecule has 152 valence electrons. The summed E-state index contributed by atoms with van der Waals surface area (Å²) in [6.07, 6.45) is 0.735. The van der Waals surface area contributed by atoms with Crippen LogP contribution in [0.5, 0.6) is 5.75 Å². The molecule has 0 bridgehead atoms. The van der Waals surface area contributed by atoms with E-state index in [-0.39, 0.29) is 5.69 Å². The fraction of sp³-hybridized carbons (Fsp3) is 0.130. The summed E-state index contributed by atoms with van der Waals surface area (Å²) in [6, 6.07) is 19.1. The zero-order valence-corrected chi connectivity index (χ0v) is 16.2. The standard InChI is InChI=1S/C23H19NO6/c1-2-15-29-22(25)18-3-5-19(6-4-18)23(26)30-21-13-9-17(10-14-21)16-7-11-20(12-8-16)24(27)28/h3-14H,2,15H2,1H3. The van der Waals surface area contributed by atoms with Crippen molar-refractivity contribution >= 4 is 17.6 Å². The number of carbonyl (C=O) groups is 2. The maximum atomic E-state index is 12.3. The molecule has 0 N–H and O–H groups in total. The second-order valence-corrected chi connectivity index (χ2v) is 6.43. The zero-order chi connectivity index (χ0) is 21.5. The van der Waals surface area contributed by atoms with Crippen LogP contribution in [0.2, 0.25) is 0 Å². The van der Waals surface area contributed by atoms with Crippen LogP contribution < -0.4 is 4.74 Å². The molecule has 7 heteroatoms. The number of nitro groups is 1. The molecular weight excluding hydrogens is 386 g/mol. The lowest BCUT2D eigenvalue weighted by Gasteiger charge is -2.07. The van der Waals surface area contributed by atoms with Crippen LogP contribution in [0.1, 0.15) is 34.1 Å². The van der Waals surface area contributed by atoms with Gasteiger partial charge in [0.25, 0.3) is 5.69 Å². The Kier molecular flexibility index (Phi) is 6.54. The SMILES string of the molecule is CCCOC(=O)c1ccc(C(=O)Oc2ccc(-c3ccc([N+](=O)[O-])cc3)cc2)cc1. The van der Waals surface area contributed by atoms with Gasteiger partial charge in [0.15, 0.2) is 0 Å². The van der Waals surface area contributed by atoms with Crippen LogP contribution in [-0.2, 0) is 4.74 Å². The Balaban J connectivity index is 1.64. The molecule has 3 aromatic carbocycles. The van der Waals surface area contributed by atoms with Gasteiger partial charge in [0.05, 0.1) is 22.7 Å². The van der Waals surface area contributed by atoms with Crippen molar-refractivity contribution in [1.82, 2.24) is 0 Å². The highest BCUT2D eigenvalue weighted by Gasteiger charge is 2.12. The number of hydrogen-bond acceptors (Lipinski definition) is 6. The first-order valence-electron chi connectivity index (χ1n) is 9.32. The minimum Gasteiger partial charge on any atom is -0.462 e. The van der Waals surface area contributed by atoms with Crippen LogP contribution in [0.15, 0.2) is 72.8 Å². The molecule has 0 heterocycles. The van der Waals surface area contributed by atoms with Gasteiger partial charge in [-0.3, -0.25) is 10.1 Å². The van der Waals surface area contributed by atoms with Gasteiger partial charge in [0.1, 0.15) is 5.75 Å². The summed E-state index contributed by atoms with van der Waals surface area (Å²) < 4.78 is 10.4. The summed E-state index contributed by atoms with van der Waals surface area (Å²) in [4.78, 5) is 34.4. The normalized spacial score (nSPS) is 10.3. The zero-order valence-electron chi connectivity index (χ0n) is 16.2. The predicted octanol–water partition coefficient (Wildman–Crippen LogP) is 5.05. The van der Waals surface area contributed by atoms with Crippen molar-refractivity contribution in [2.24, 2.45) is 0 Å². The summed E-state index contributed by atoms with van der Waals surface area (Å²) in [7, 11) is 0. The maximum Gasteiger partial charge on any atom is 0.343 e. The molecule has 0 saturated heterocycles. The molecular formula is C23H19NO6. The fourth-order valence-electron chi connectivity index (χ4n) is 2.68. The number of nitrogens with zero attached hydrogens (tertiary/aromatic N) is 1. The Morgan fingerprint density at radius 1 is 0.800 bits per heavy atom. The second-order valence-electron chi connectivity index (χ2n) is 6.43. The molecule has 0 saturated carbocycles.